The van der Waals surface area contributed by atoms with Gasteiger partial charge in [0.15, 0.2) is 9.84 Å². The molecule has 2 rings (SSSR count). The van der Waals surface area contributed by atoms with Gasteiger partial charge in [0.25, 0.3) is 0 Å². The number of nitrogens with one attached hydrogen (secondary N) is 1. The predicted molar refractivity (Wildman–Crippen MR) is 70.1 cm³/mol. The number of carbonyl (C=O) groups is 1. The highest BCUT2D eigenvalue weighted by Crippen LogP contribution is 2.18. The van der Waals surface area contributed by atoms with Crippen LogP contribution in [0.1, 0.15) is 32.1 Å². The molecule has 1 aliphatic carbocycles. The fraction of sp³-hybridized carbons (Fsp3) is 0.917. The third kappa shape index (κ3) is 4.57. The van der Waals surface area contributed by atoms with Gasteiger partial charge in [-0.1, -0.05) is 0 Å². The van der Waals surface area contributed by atoms with Crippen molar-refractivity contribution in [3.8, 4) is 0 Å². The Labute approximate surface area is 109 Å². The smallest absolute Gasteiger partial charge is 0.237 e. The second-order valence-corrected chi connectivity index (χ2v) is 7.45. The lowest BCUT2D eigenvalue weighted by Gasteiger charge is -2.15. The van der Waals surface area contributed by atoms with Gasteiger partial charge in [0.1, 0.15) is 5.75 Å². The largest absolute Gasteiger partial charge is 0.342 e. The van der Waals surface area contributed by atoms with Crippen molar-refractivity contribution in [1.29, 1.82) is 0 Å². The van der Waals surface area contributed by atoms with Crippen LogP contribution in [0.3, 0.4) is 0 Å². The maximum atomic E-state index is 11.8. The van der Waals surface area contributed by atoms with E-state index in [1.54, 1.807) is 4.90 Å². The first-order valence-corrected chi connectivity index (χ1v) is 8.60. The fourth-order valence-electron chi connectivity index (χ4n) is 2.20. The maximum Gasteiger partial charge on any atom is 0.237 e. The van der Waals surface area contributed by atoms with Crippen molar-refractivity contribution in [3.05, 3.63) is 0 Å². The molecular formula is C12H22N2O3S. The molecule has 0 unspecified atom stereocenters. The topological polar surface area (TPSA) is 66.5 Å². The molecule has 0 aromatic rings. The Bertz CT molecular complexity index is 384. The number of hydrogen-bond acceptors (Lipinski definition) is 4. The standard InChI is InChI=1S/C12H22N2O3S/c15-12(14-7-1-2-8-14)10-18(16,17)9-3-6-13-11-4-5-11/h11,13H,1-10H2. The molecule has 2 aliphatic rings. The number of carbonyl (C=O) groups excluding carboxylic acids is 1. The molecule has 1 N–H and O–H groups in total. The Hall–Kier alpha value is -0.620. The summed E-state index contributed by atoms with van der Waals surface area (Å²) in [5.41, 5.74) is 0. The lowest BCUT2D eigenvalue weighted by Crippen LogP contribution is -2.34. The van der Waals surface area contributed by atoms with Crippen LogP contribution in [0.4, 0.5) is 0 Å². The first kappa shape index (κ1) is 13.8. The lowest BCUT2D eigenvalue weighted by molar-refractivity contribution is -0.127. The van der Waals surface area contributed by atoms with Crippen LogP contribution in [0.25, 0.3) is 0 Å². The fourth-order valence-corrected chi connectivity index (χ4v) is 3.49. The zero-order chi connectivity index (χ0) is 13.0. The molecule has 1 saturated heterocycles. The van der Waals surface area contributed by atoms with Crippen LogP contribution in [-0.2, 0) is 14.6 Å². The van der Waals surface area contributed by atoms with Crippen molar-refractivity contribution in [2.24, 2.45) is 0 Å². The monoisotopic (exact) mass is 274 g/mol. The van der Waals surface area contributed by atoms with Crippen LogP contribution in [0.15, 0.2) is 0 Å². The Kier molecular flexibility index (Phi) is 4.61. The number of likely N-dealkylation sites (tertiary alicyclic amines) is 1. The molecule has 1 heterocycles. The van der Waals surface area contributed by atoms with Gasteiger partial charge < -0.3 is 10.2 Å². The second-order valence-electron chi connectivity index (χ2n) is 5.26. The van der Waals surface area contributed by atoms with Gasteiger partial charge in [0, 0.05) is 19.1 Å². The van der Waals surface area contributed by atoms with E-state index in [0.29, 0.717) is 12.5 Å². The minimum atomic E-state index is -3.23. The molecular weight excluding hydrogens is 252 g/mol. The van der Waals surface area contributed by atoms with Crippen LogP contribution in [0, 0.1) is 0 Å². The van der Waals surface area contributed by atoms with E-state index in [-0.39, 0.29) is 17.4 Å². The number of amides is 1. The highest BCUT2D eigenvalue weighted by molar-refractivity contribution is 7.92. The molecule has 104 valence electrons. The Morgan fingerprint density at radius 1 is 1.22 bits per heavy atom. The molecule has 0 radical (unpaired) electrons. The summed E-state index contributed by atoms with van der Waals surface area (Å²) in [6.07, 6.45) is 5.01. The number of nitrogens with zero attached hydrogens (tertiary/aromatic N) is 1. The summed E-state index contributed by atoms with van der Waals surface area (Å²) in [5, 5.41) is 3.28. The van der Waals surface area contributed by atoms with Crippen molar-refractivity contribution < 1.29 is 13.2 Å². The Morgan fingerprint density at radius 2 is 1.89 bits per heavy atom. The van der Waals surface area contributed by atoms with E-state index in [1.807, 2.05) is 0 Å². The molecule has 18 heavy (non-hydrogen) atoms. The molecule has 1 amide bonds. The zero-order valence-electron chi connectivity index (χ0n) is 10.7. The van der Waals surface area contributed by atoms with E-state index in [1.165, 1.54) is 12.8 Å². The summed E-state index contributed by atoms with van der Waals surface area (Å²) in [6.45, 7) is 2.18. The summed E-state index contributed by atoms with van der Waals surface area (Å²) >= 11 is 0. The van der Waals surface area contributed by atoms with E-state index in [9.17, 15) is 13.2 Å². The minimum Gasteiger partial charge on any atom is -0.342 e. The number of rotatable bonds is 7. The normalized spacial score (nSPS) is 20.3. The summed E-state index contributed by atoms with van der Waals surface area (Å²) in [4.78, 5) is 13.4. The third-order valence-corrected chi connectivity index (χ3v) is 5.04. The Balaban J connectivity index is 1.66. The summed E-state index contributed by atoms with van der Waals surface area (Å²) in [5.74, 6) is -0.412. The zero-order valence-corrected chi connectivity index (χ0v) is 11.5. The van der Waals surface area contributed by atoms with Gasteiger partial charge in [-0.25, -0.2) is 8.42 Å². The van der Waals surface area contributed by atoms with Gasteiger partial charge in [-0.3, -0.25) is 4.79 Å². The molecule has 0 spiro atoms. The van der Waals surface area contributed by atoms with Crippen LogP contribution in [0.5, 0.6) is 0 Å². The van der Waals surface area contributed by atoms with Crippen molar-refractivity contribution in [2.45, 2.75) is 38.1 Å². The molecule has 0 atom stereocenters. The van der Waals surface area contributed by atoms with Crippen molar-refractivity contribution in [3.63, 3.8) is 0 Å². The first-order chi connectivity index (χ1) is 8.57. The summed E-state index contributed by atoms with van der Waals surface area (Å²) in [6, 6.07) is 0.610. The van der Waals surface area contributed by atoms with Gasteiger partial charge >= 0.3 is 0 Å². The molecule has 1 aliphatic heterocycles. The van der Waals surface area contributed by atoms with Crippen LogP contribution in [-0.4, -0.2) is 56.4 Å². The molecule has 5 nitrogen and oxygen atoms in total. The van der Waals surface area contributed by atoms with E-state index in [2.05, 4.69) is 5.32 Å². The van der Waals surface area contributed by atoms with Gasteiger partial charge in [-0.15, -0.1) is 0 Å². The molecule has 1 saturated carbocycles. The van der Waals surface area contributed by atoms with Crippen molar-refractivity contribution in [2.75, 3.05) is 31.1 Å². The second kappa shape index (κ2) is 6.02. The molecule has 6 heteroatoms. The molecule has 0 bridgehead atoms. The number of hydrogen-bond donors (Lipinski definition) is 1. The predicted octanol–water partition coefficient (Wildman–Crippen LogP) is 0.166. The molecule has 2 fully saturated rings. The van der Waals surface area contributed by atoms with Gasteiger partial charge in [-0.05, 0) is 38.6 Å². The summed E-state index contributed by atoms with van der Waals surface area (Å²) in [7, 11) is -3.23. The van der Waals surface area contributed by atoms with Crippen LogP contribution < -0.4 is 5.32 Å². The van der Waals surface area contributed by atoms with E-state index >= 15 is 0 Å². The average Bonchev–Trinajstić information content (AvgIpc) is 2.95. The molecule has 0 aromatic carbocycles. The molecule has 0 aromatic heterocycles. The number of sulfone groups is 1. The van der Waals surface area contributed by atoms with E-state index < -0.39 is 9.84 Å². The maximum absolute atomic E-state index is 11.8. The first-order valence-electron chi connectivity index (χ1n) is 6.78. The van der Waals surface area contributed by atoms with Gasteiger partial charge in [0.2, 0.25) is 5.91 Å². The SMILES string of the molecule is O=C(CS(=O)(=O)CCCNC1CC1)N1CCCC1. The van der Waals surface area contributed by atoms with Crippen LogP contribution in [0.2, 0.25) is 0 Å². The summed E-state index contributed by atoms with van der Waals surface area (Å²) < 4.78 is 23.6. The van der Waals surface area contributed by atoms with Crippen molar-refractivity contribution in [1.82, 2.24) is 10.2 Å². The minimum absolute atomic E-state index is 0.117. The third-order valence-electron chi connectivity index (χ3n) is 3.44. The quantitative estimate of drug-likeness (QED) is 0.672. The highest BCUT2D eigenvalue weighted by Gasteiger charge is 2.24. The van der Waals surface area contributed by atoms with Gasteiger partial charge in [-0.2, -0.15) is 0 Å². The van der Waals surface area contributed by atoms with Crippen molar-refractivity contribution >= 4 is 15.7 Å². The van der Waals surface area contributed by atoms with Gasteiger partial charge in [0.05, 0.1) is 5.75 Å². The lowest BCUT2D eigenvalue weighted by atomic mass is 10.4. The Morgan fingerprint density at radius 3 is 2.50 bits per heavy atom. The average molecular weight is 274 g/mol. The van der Waals surface area contributed by atoms with Crippen LogP contribution >= 0.6 is 0 Å². The van der Waals surface area contributed by atoms with E-state index in [4.69, 9.17) is 0 Å². The van der Waals surface area contributed by atoms with E-state index in [0.717, 1.165) is 32.5 Å². The highest BCUT2D eigenvalue weighted by atomic mass is 32.2.